The van der Waals surface area contributed by atoms with E-state index < -0.39 is 6.10 Å². The summed E-state index contributed by atoms with van der Waals surface area (Å²) in [6.45, 7) is 23.5. The first kappa shape index (κ1) is 91.2. The quantitative estimate of drug-likeness (QED) is 0.0111. The van der Waals surface area contributed by atoms with E-state index in [9.17, 15) is 4.79 Å². The van der Waals surface area contributed by atoms with Crippen LogP contribution in [-0.4, -0.2) is 198 Å². The average Bonchev–Trinajstić information content (AvgIpc) is 0.921. The molecular weight excluding hydrogens is 1580 g/mol. The monoisotopic (exact) mass is 1680 g/mol. The number of nitrogens with zero attached hydrogens (tertiary/aromatic N) is 17. The fraction of sp³-hybridized carbons (Fsp3) is 0.315. The molecule has 10 heterocycles. The van der Waals surface area contributed by atoms with E-state index in [0.29, 0.717) is 112 Å². The number of aromatic nitrogens is 10. The second kappa shape index (κ2) is 50.1. The summed E-state index contributed by atoms with van der Waals surface area (Å²) in [7, 11) is 1.70. The van der Waals surface area contributed by atoms with Crippen molar-refractivity contribution >= 4 is 35.8 Å². The van der Waals surface area contributed by atoms with Crippen LogP contribution >= 0.6 is 24.0 Å². The summed E-state index contributed by atoms with van der Waals surface area (Å²) in [6, 6.07) is 75.3. The van der Waals surface area contributed by atoms with Crippen molar-refractivity contribution in [3.8, 4) is 51.8 Å². The summed E-state index contributed by atoms with van der Waals surface area (Å²) < 4.78 is 45.6. The molecular formula is C89H99Cl2N19O11. The van der Waals surface area contributed by atoms with Gasteiger partial charge in [-0.25, -0.2) is 21.5 Å². The Morgan fingerprint density at radius 1 is 0.579 bits per heavy atom. The number of aliphatic hydroxyl groups excluding tert-OH is 1. The molecule has 32 heteroatoms. The lowest BCUT2D eigenvalue weighted by molar-refractivity contribution is -0.0380. The van der Waals surface area contributed by atoms with Gasteiger partial charge in [0, 0.05) is 115 Å². The molecule has 0 saturated carbocycles. The van der Waals surface area contributed by atoms with Crippen LogP contribution in [0.4, 0.5) is 5.95 Å². The van der Waals surface area contributed by atoms with Crippen LogP contribution in [0.2, 0.25) is 0 Å². The van der Waals surface area contributed by atoms with Crippen LogP contribution in [0, 0.1) is 17.9 Å². The number of morpholine rings is 5. The van der Waals surface area contributed by atoms with E-state index in [-0.39, 0.29) is 53.4 Å². The molecule has 0 amide bonds. The van der Waals surface area contributed by atoms with Crippen LogP contribution < -0.4 is 21.5 Å². The summed E-state index contributed by atoms with van der Waals surface area (Å²) in [5.41, 5.74) is 14.4. The smallest absolute Gasteiger partial charge is 0.340 e. The Labute approximate surface area is 714 Å². The van der Waals surface area contributed by atoms with Crippen molar-refractivity contribution in [1.82, 2.24) is 70.0 Å². The molecule has 5 aromatic heterocycles. The molecule has 5 atom stereocenters. The number of hydrogen-bond donors (Lipinski definition) is 4. The van der Waals surface area contributed by atoms with Gasteiger partial charge < -0.3 is 63.5 Å². The highest BCUT2D eigenvalue weighted by Gasteiger charge is 2.31. The van der Waals surface area contributed by atoms with Gasteiger partial charge in [-0.05, 0) is 84.0 Å². The SMILES string of the molecule is C=C(Cl)C#N.Cl.Cn1c(N2CCOC(c3noc(-c4ccccc4)n3)C2)nc(-c2ccncn2)cc1=O.N/C(=N/O)C1CN(Cc2ccccc2)CCO1.OCCCCc1ccccc1.[C-]#[N+]C1CN(Cc2ccccc2)CCO1.c1ccc(-c2nc(C3CNCCO3)no2)cc1.c1ccc(CN2CCOC(c3noc(-c4ccccc4)n3)C2)cc1. The van der Waals surface area contributed by atoms with E-state index >= 15 is 0 Å². The molecule has 0 bridgehead atoms. The molecule has 5 aliphatic rings. The lowest BCUT2D eigenvalue weighted by Crippen LogP contribution is -2.48. The minimum atomic E-state index is -0.408. The molecule has 17 rings (SSSR count). The van der Waals surface area contributed by atoms with Crippen molar-refractivity contribution in [3.63, 3.8) is 0 Å². The second-order valence-electron chi connectivity index (χ2n) is 27.8. The van der Waals surface area contributed by atoms with Gasteiger partial charge in [-0.1, -0.05) is 215 Å². The number of nitrogens with one attached hydrogen (secondary N) is 1. The number of anilines is 1. The molecule has 12 aromatic rings. The van der Waals surface area contributed by atoms with Gasteiger partial charge in [-0.3, -0.25) is 28.9 Å². The first-order valence-corrected chi connectivity index (χ1v) is 39.8. The fourth-order valence-corrected chi connectivity index (χ4v) is 12.9. The molecule has 30 nitrogen and oxygen atoms in total. The molecule has 121 heavy (non-hydrogen) atoms. The van der Waals surface area contributed by atoms with Crippen molar-refractivity contribution in [2.45, 2.75) is 69.5 Å². The minimum Gasteiger partial charge on any atom is -0.409 e. The Hall–Kier alpha value is -12.1. The molecule has 630 valence electrons. The molecule has 0 radical (unpaired) electrons. The molecule has 5 fully saturated rings. The van der Waals surface area contributed by atoms with E-state index in [1.807, 2.05) is 157 Å². The Kier molecular flexibility index (Phi) is 37.7. The predicted molar refractivity (Wildman–Crippen MR) is 460 cm³/mol. The van der Waals surface area contributed by atoms with Gasteiger partial charge in [0.1, 0.15) is 48.4 Å². The summed E-state index contributed by atoms with van der Waals surface area (Å²) in [5.74, 6) is 3.86. The molecule has 5 saturated heterocycles. The van der Waals surface area contributed by atoms with Crippen LogP contribution in [0.3, 0.4) is 0 Å². The van der Waals surface area contributed by atoms with Crippen molar-refractivity contribution in [2.75, 3.05) is 110 Å². The van der Waals surface area contributed by atoms with Crippen LogP contribution in [0.1, 0.15) is 70.9 Å². The average molecular weight is 1680 g/mol. The largest absolute Gasteiger partial charge is 0.409 e. The normalized spacial score (nSPS) is 17.8. The molecule has 5 unspecified atom stereocenters. The van der Waals surface area contributed by atoms with Crippen molar-refractivity contribution in [2.24, 2.45) is 17.9 Å². The predicted octanol–water partition coefficient (Wildman–Crippen LogP) is 12.7. The third-order valence-electron chi connectivity index (χ3n) is 19.1. The lowest BCUT2D eigenvalue weighted by Gasteiger charge is -2.33. The summed E-state index contributed by atoms with van der Waals surface area (Å²) in [6.07, 6.45) is 4.88. The highest BCUT2D eigenvalue weighted by molar-refractivity contribution is 6.31. The van der Waals surface area contributed by atoms with Crippen LogP contribution in [0.15, 0.2) is 272 Å². The van der Waals surface area contributed by atoms with E-state index in [0.717, 1.165) is 101 Å². The lowest BCUT2D eigenvalue weighted by atomic mass is 10.1. The highest BCUT2D eigenvalue weighted by atomic mass is 35.5. The molecule has 7 aromatic carbocycles. The molecule has 5 aliphatic heterocycles. The number of ether oxygens (including phenoxy) is 5. The van der Waals surface area contributed by atoms with Crippen LogP contribution in [-0.2, 0) is 56.8 Å². The first-order chi connectivity index (χ1) is 58.9. The number of nitrogens with two attached hydrogens (primary N) is 1. The number of oxime groups is 1. The van der Waals surface area contributed by atoms with Gasteiger partial charge in [-0.15, -0.1) is 12.4 Å². The number of allylic oxidation sites excluding steroid dienone is 1. The van der Waals surface area contributed by atoms with Gasteiger partial charge in [0.05, 0.1) is 51.0 Å². The third-order valence-corrected chi connectivity index (χ3v) is 19.2. The van der Waals surface area contributed by atoms with Gasteiger partial charge >= 0.3 is 6.23 Å². The van der Waals surface area contributed by atoms with Gasteiger partial charge in [0.25, 0.3) is 23.2 Å². The number of nitriles is 1. The Balaban J connectivity index is 0.000000155. The number of aliphatic hydroxyl groups is 1. The molecule has 0 aliphatic carbocycles. The van der Waals surface area contributed by atoms with Crippen LogP contribution in [0.25, 0.3) is 50.6 Å². The van der Waals surface area contributed by atoms with Crippen molar-refractivity contribution in [3.05, 3.63) is 310 Å². The maximum atomic E-state index is 12.6. The van der Waals surface area contributed by atoms with Crippen molar-refractivity contribution in [1.29, 1.82) is 5.26 Å². The number of benzene rings is 7. The number of hydrogen-bond acceptors (Lipinski definition) is 27. The fourth-order valence-electron chi connectivity index (χ4n) is 12.9. The third kappa shape index (κ3) is 29.7. The summed E-state index contributed by atoms with van der Waals surface area (Å²) in [5, 5.41) is 43.3. The van der Waals surface area contributed by atoms with Gasteiger partial charge in [-0.2, -0.15) is 20.2 Å². The molecule has 0 spiro atoms. The summed E-state index contributed by atoms with van der Waals surface area (Å²) >= 11 is 4.91. The molecule has 5 N–H and O–H groups in total. The topological polar surface area (TPSA) is 356 Å². The standard InChI is InChI=1S/C21H19N7O3.C19H19N3O2.C12H13N3O2.C12H17N3O2.C12H14N2O.C10H14O.C3H2ClN.ClH/c1-27-18(29)11-16(15-7-8-22-13-23-15)24-21(27)28-9-10-30-17(12-28)19-25-20(31-26-19)14-5-3-2-4-6-14;1-3-7-15(8-4-1)13-22-11-12-23-17(14-22)18-20-19(24-21-18)16-9-5-2-6-10-16;1-2-4-9(5-3-1)12-14-11(15-17-12)10-8-13-6-7-16-10;13-12(14-16)11-9-15(6-7-17-11)8-10-4-2-1-3-5-10;1-13-12-10-14(7-8-15-12)9-11-5-3-2-4-6-11;11-9-5-4-8-10-6-2-1-3-7-10;1-3(4)2-5;/h2-8,11,13,17H,9-10,12H2,1H3;1-10,17H,11-14H2;1-5,10,13H,6-8H2;1-5,11,16H,6-9H2,(H2,13,14);2-6,12H,7-10H2;1-3,6-7,11H,4-5,8-9H2;1H2;1H. The number of amidine groups is 1. The van der Waals surface area contributed by atoms with Crippen LogP contribution in [0.5, 0.6) is 0 Å². The number of rotatable bonds is 19. The van der Waals surface area contributed by atoms with Gasteiger partial charge in [0.15, 0.2) is 5.84 Å². The Morgan fingerprint density at radius 3 is 1.47 bits per heavy atom. The van der Waals surface area contributed by atoms with Crippen molar-refractivity contribution < 1.29 is 47.6 Å². The maximum absolute atomic E-state index is 12.6. The van der Waals surface area contributed by atoms with E-state index in [4.69, 9.17) is 76.7 Å². The highest BCUT2D eigenvalue weighted by Crippen LogP contribution is 2.29. The zero-order valence-electron chi connectivity index (χ0n) is 67.2. The zero-order valence-corrected chi connectivity index (χ0v) is 68.8. The second-order valence-corrected chi connectivity index (χ2v) is 28.3. The van der Waals surface area contributed by atoms with E-state index in [1.165, 1.54) is 39.2 Å². The maximum Gasteiger partial charge on any atom is 0.340 e. The minimum absolute atomic E-state index is 0. The number of halogens is 2. The van der Waals surface area contributed by atoms with Gasteiger partial charge in [0.2, 0.25) is 23.4 Å². The number of aryl methyl sites for hydroxylation is 1. The van der Waals surface area contributed by atoms with E-state index in [2.05, 4.69) is 143 Å². The Bertz CT molecular complexity index is 5140. The number of unbranched alkanes of at least 4 members (excludes halogenated alkanes) is 1. The first-order valence-electron chi connectivity index (χ1n) is 39.5. The van der Waals surface area contributed by atoms with E-state index in [1.54, 1.807) is 25.4 Å². The zero-order chi connectivity index (χ0) is 83.7. The summed E-state index contributed by atoms with van der Waals surface area (Å²) in [4.78, 5) is 51.0. The Morgan fingerprint density at radius 2 is 1.02 bits per heavy atom.